The van der Waals surface area contributed by atoms with Gasteiger partial charge in [0.15, 0.2) is 0 Å². The summed E-state index contributed by atoms with van der Waals surface area (Å²) >= 11 is 0. The van der Waals surface area contributed by atoms with Gasteiger partial charge in [-0.3, -0.25) is 14.4 Å². The third-order valence-electron chi connectivity index (χ3n) is 8.93. The van der Waals surface area contributed by atoms with Gasteiger partial charge in [-0.25, -0.2) is 4.79 Å². The van der Waals surface area contributed by atoms with Crippen LogP contribution in [-0.4, -0.2) is 59.3 Å². The van der Waals surface area contributed by atoms with Gasteiger partial charge in [0.25, 0.3) is 0 Å². The van der Waals surface area contributed by atoms with Gasteiger partial charge in [-0.1, -0.05) is 134 Å². The number of hydrogen-bond acceptors (Lipinski definition) is 6. The van der Waals surface area contributed by atoms with Crippen LogP contribution >= 0.6 is 0 Å². The summed E-state index contributed by atoms with van der Waals surface area (Å²) in [6.07, 6.45) is 37.7. The first kappa shape index (κ1) is 47.3. The number of carbonyl (C=O) groups excluding carboxylic acids is 3. The zero-order valence-corrected chi connectivity index (χ0v) is 31.9. The average molecular weight is 707 g/mol. The number of aliphatic carboxylic acids is 1. The fourth-order valence-electron chi connectivity index (χ4n) is 5.81. The highest BCUT2D eigenvalue weighted by Crippen LogP contribution is 2.19. The van der Waals surface area contributed by atoms with Crippen LogP contribution in [0, 0.1) is 0 Å². The number of unbranched alkanes of at least 4 members (excludes halogenated alkanes) is 18. The van der Waals surface area contributed by atoms with E-state index >= 15 is 0 Å². The lowest BCUT2D eigenvalue weighted by atomic mass is 10.0. The topological polar surface area (TPSA) is 142 Å². The molecule has 0 fully saturated rings. The third kappa shape index (κ3) is 32.5. The Morgan fingerprint density at radius 2 is 1.12 bits per heavy atom. The second-order valence-corrected chi connectivity index (χ2v) is 13.7. The van der Waals surface area contributed by atoms with Crippen LogP contribution in [0.4, 0.5) is 0 Å². The number of rotatable bonds is 36. The van der Waals surface area contributed by atoms with E-state index in [1.807, 2.05) is 0 Å². The maximum absolute atomic E-state index is 12.7. The van der Waals surface area contributed by atoms with Gasteiger partial charge in [-0.15, -0.1) is 0 Å². The summed E-state index contributed by atoms with van der Waals surface area (Å²) in [5.41, 5.74) is 0. The molecule has 290 valence electrons. The summed E-state index contributed by atoms with van der Waals surface area (Å²) in [7, 11) is 0. The van der Waals surface area contributed by atoms with Crippen LogP contribution in [0.5, 0.6) is 0 Å². The van der Waals surface area contributed by atoms with Crippen LogP contribution in [0.25, 0.3) is 0 Å². The van der Waals surface area contributed by atoms with Crippen molar-refractivity contribution >= 4 is 23.8 Å². The Balaban J connectivity index is 4.28. The maximum atomic E-state index is 12.7. The van der Waals surface area contributed by atoms with Crippen molar-refractivity contribution in [1.82, 2.24) is 10.6 Å². The Hall–Kier alpha value is -2.68. The van der Waals surface area contributed by atoms with E-state index in [-0.39, 0.29) is 24.5 Å². The minimum atomic E-state index is -1.38. The van der Waals surface area contributed by atoms with E-state index in [2.05, 4.69) is 48.8 Å². The number of aliphatic hydroxyl groups excluding tert-OH is 1. The minimum Gasteiger partial charge on any atom is -0.480 e. The quantitative estimate of drug-likeness (QED) is 0.0289. The maximum Gasteiger partial charge on any atom is 0.328 e. The van der Waals surface area contributed by atoms with Crippen LogP contribution in [0.1, 0.15) is 187 Å². The highest BCUT2D eigenvalue weighted by Gasteiger charge is 2.19. The summed E-state index contributed by atoms with van der Waals surface area (Å²) in [5.74, 6) is -2.30. The highest BCUT2D eigenvalue weighted by molar-refractivity contribution is 5.87. The molecule has 0 heterocycles. The van der Waals surface area contributed by atoms with Crippen molar-refractivity contribution in [2.75, 3.05) is 13.2 Å². The molecule has 2 unspecified atom stereocenters. The number of aliphatic hydroxyl groups is 1. The predicted octanol–water partition coefficient (Wildman–Crippen LogP) is 9.26. The molecule has 0 aromatic heterocycles. The zero-order valence-electron chi connectivity index (χ0n) is 31.9. The van der Waals surface area contributed by atoms with Gasteiger partial charge in [0, 0.05) is 12.8 Å². The molecular weight excluding hydrogens is 632 g/mol. The van der Waals surface area contributed by atoms with E-state index < -0.39 is 24.5 Å². The van der Waals surface area contributed by atoms with E-state index in [0.29, 0.717) is 19.3 Å². The number of carboxylic acid groups (broad SMARTS) is 1. The van der Waals surface area contributed by atoms with E-state index in [1.165, 1.54) is 70.6 Å². The molecule has 9 nitrogen and oxygen atoms in total. The fourth-order valence-corrected chi connectivity index (χ4v) is 5.81. The molecule has 0 bridgehead atoms. The molecule has 2 amide bonds. The van der Waals surface area contributed by atoms with E-state index in [9.17, 15) is 19.2 Å². The lowest BCUT2D eigenvalue weighted by molar-refractivity contribution is -0.150. The van der Waals surface area contributed by atoms with Crippen molar-refractivity contribution in [2.24, 2.45) is 0 Å². The molecule has 0 saturated carbocycles. The van der Waals surface area contributed by atoms with Crippen molar-refractivity contribution in [1.29, 1.82) is 0 Å². The first-order chi connectivity index (χ1) is 24.3. The lowest BCUT2D eigenvalue weighted by Crippen LogP contribution is -2.47. The Kier molecular flexibility index (Phi) is 34.2. The molecule has 0 saturated heterocycles. The van der Waals surface area contributed by atoms with Gasteiger partial charge in [-0.2, -0.15) is 0 Å². The van der Waals surface area contributed by atoms with Crippen molar-refractivity contribution < 1.29 is 34.1 Å². The number of amides is 2. The number of carboxylic acids is 1. The summed E-state index contributed by atoms with van der Waals surface area (Å²) in [6, 6.07) is -1.38. The summed E-state index contributed by atoms with van der Waals surface area (Å²) in [4.78, 5) is 47.4. The molecule has 2 atom stereocenters. The Morgan fingerprint density at radius 1 is 0.600 bits per heavy atom. The molecule has 50 heavy (non-hydrogen) atoms. The van der Waals surface area contributed by atoms with Crippen LogP contribution in [0.3, 0.4) is 0 Å². The molecule has 0 aromatic rings. The summed E-state index contributed by atoms with van der Waals surface area (Å²) in [6.45, 7) is 3.41. The minimum absolute atomic E-state index is 0.0147. The SMILES string of the molecule is CCC/C=C\C/C=C\CCCCCCCC(=O)OC(CCCCCCCCCCC)CCCCCCCC(=O)NCC(=O)NC(CO)C(=O)O. The molecule has 0 spiro atoms. The Morgan fingerprint density at radius 3 is 1.68 bits per heavy atom. The smallest absolute Gasteiger partial charge is 0.328 e. The highest BCUT2D eigenvalue weighted by atomic mass is 16.5. The first-order valence-electron chi connectivity index (χ1n) is 20.2. The number of nitrogens with one attached hydrogen (secondary N) is 2. The molecule has 4 N–H and O–H groups in total. The van der Waals surface area contributed by atoms with Crippen LogP contribution in [0.15, 0.2) is 24.3 Å². The van der Waals surface area contributed by atoms with Crippen molar-refractivity contribution in [3.8, 4) is 0 Å². The molecule has 0 radical (unpaired) electrons. The monoisotopic (exact) mass is 707 g/mol. The third-order valence-corrected chi connectivity index (χ3v) is 8.93. The molecule has 0 aliphatic heterocycles. The first-order valence-corrected chi connectivity index (χ1v) is 20.2. The van der Waals surface area contributed by atoms with Crippen molar-refractivity contribution in [2.45, 2.75) is 199 Å². The van der Waals surface area contributed by atoms with E-state index in [1.54, 1.807) is 0 Å². The Bertz CT molecular complexity index is 905. The van der Waals surface area contributed by atoms with Crippen LogP contribution in [0.2, 0.25) is 0 Å². The number of hydrogen-bond donors (Lipinski definition) is 4. The van der Waals surface area contributed by atoms with Gasteiger partial charge in [-0.05, 0) is 64.2 Å². The normalized spacial score (nSPS) is 12.7. The summed E-state index contributed by atoms with van der Waals surface area (Å²) < 4.78 is 5.99. The second-order valence-electron chi connectivity index (χ2n) is 13.7. The molecule has 9 heteroatoms. The Labute approximate surface area is 304 Å². The van der Waals surface area contributed by atoms with Crippen molar-refractivity contribution in [3.63, 3.8) is 0 Å². The largest absolute Gasteiger partial charge is 0.480 e. The lowest BCUT2D eigenvalue weighted by Gasteiger charge is -2.18. The summed E-state index contributed by atoms with van der Waals surface area (Å²) in [5, 5.41) is 22.5. The number of carbonyl (C=O) groups is 4. The second kappa shape index (κ2) is 36.1. The predicted molar refractivity (Wildman–Crippen MR) is 204 cm³/mol. The molecular formula is C41H74N2O7. The van der Waals surface area contributed by atoms with Gasteiger partial charge >= 0.3 is 11.9 Å². The molecule has 0 aliphatic carbocycles. The number of esters is 1. The number of allylic oxidation sites excluding steroid dienone is 4. The molecule has 0 aliphatic rings. The number of ether oxygens (including phenoxy) is 1. The van der Waals surface area contributed by atoms with Gasteiger partial charge in [0.1, 0.15) is 12.1 Å². The van der Waals surface area contributed by atoms with Crippen molar-refractivity contribution in [3.05, 3.63) is 24.3 Å². The fraction of sp³-hybridized carbons (Fsp3) is 0.805. The van der Waals surface area contributed by atoms with Gasteiger partial charge in [0.05, 0.1) is 13.2 Å². The zero-order chi connectivity index (χ0) is 36.9. The van der Waals surface area contributed by atoms with Gasteiger partial charge < -0.3 is 25.6 Å². The van der Waals surface area contributed by atoms with Crippen LogP contribution < -0.4 is 10.6 Å². The molecule has 0 rings (SSSR count). The standard InChI is InChI=1S/C41H74N2O7/c1-3-5-7-9-11-13-14-15-16-18-20-25-29-33-40(47)50-36(30-26-22-19-17-12-10-8-6-4-2)31-27-23-21-24-28-32-38(45)42-34-39(46)43-37(35-44)41(48)49/h7,9,13-14,36-37,44H,3-6,8,10-12,15-35H2,1-2H3,(H,42,45)(H,43,46)(H,48,49)/b9-7-,14-13-. The average Bonchev–Trinajstić information content (AvgIpc) is 3.10. The van der Waals surface area contributed by atoms with E-state index in [0.717, 1.165) is 83.5 Å². The van der Waals surface area contributed by atoms with Gasteiger partial charge in [0.2, 0.25) is 11.8 Å². The van der Waals surface area contributed by atoms with E-state index in [4.69, 9.17) is 14.9 Å². The van der Waals surface area contributed by atoms with Crippen LogP contribution in [-0.2, 0) is 23.9 Å². The molecule has 0 aromatic carbocycles.